The predicted molar refractivity (Wildman–Crippen MR) is 423 cm³/mol. The molecule has 1 unspecified atom stereocenters. The SMILES string of the molecule is CN(C)CCCNC(=O)CCNC(=O)c1cc(NC(=O)c2cc(NC(=O)c3nc(NC(=O)CCNC(=O)c4cc(NC(=O)c5cc(NC(=O)c6cc(NC(=O)c7nc(NC(O)CCNC(=O)CCCC[P+](C8=CCCC=C8)(c8ccccc8)c8ccccc8)cn7C)cn6C)cn5C)cn4C)cn3C)cn2C)cn1C. The van der Waals surface area contributed by atoms with E-state index in [0.717, 1.165) is 38.4 Å². The van der Waals surface area contributed by atoms with Crippen molar-refractivity contribution in [1.82, 2.24) is 68.1 Å². The van der Waals surface area contributed by atoms with Gasteiger partial charge >= 0.3 is 0 Å². The Hall–Kier alpha value is -12.4. The van der Waals surface area contributed by atoms with Crippen LogP contribution >= 0.6 is 7.26 Å². The zero-order valence-corrected chi connectivity index (χ0v) is 64.0. The summed E-state index contributed by atoms with van der Waals surface area (Å²) >= 11 is 0. The lowest BCUT2D eigenvalue weighted by atomic mass is 10.2. The molecule has 33 heteroatoms. The van der Waals surface area contributed by atoms with E-state index < -0.39 is 60.7 Å². The largest absolute Gasteiger partial charge is 0.374 e. The summed E-state index contributed by atoms with van der Waals surface area (Å²) in [6.07, 6.45) is 22.4. The van der Waals surface area contributed by atoms with E-state index in [1.807, 2.05) is 31.1 Å². The molecule has 7 heterocycles. The van der Waals surface area contributed by atoms with E-state index in [4.69, 9.17) is 0 Å². The summed E-state index contributed by atoms with van der Waals surface area (Å²) in [6.45, 7) is 1.63. The van der Waals surface area contributed by atoms with Crippen molar-refractivity contribution < 1.29 is 53.1 Å². The fraction of sp³-hybridized carbons (Fsp3) is 0.325. The number of anilines is 7. The highest BCUT2D eigenvalue weighted by Crippen LogP contribution is 2.65. The van der Waals surface area contributed by atoms with Gasteiger partial charge in [0.05, 0.1) is 34.6 Å². The zero-order chi connectivity index (χ0) is 78.8. The molecule has 0 saturated heterocycles. The van der Waals surface area contributed by atoms with Crippen molar-refractivity contribution in [3.8, 4) is 0 Å². The van der Waals surface area contributed by atoms with Crippen LogP contribution in [0.5, 0.6) is 0 Å². The second kappa shape index (κ2) is 36.9. The number of unbranched alkanes of at least 4 members (excludes halogenated alkanes) is 1. The number of carbonyl (C=O) groups is 10. The molecular formula is C77H95N21O11P+. The van der Waals surface area contributed by atoms with Crippen LogP contribution in [0.3, 0.4) is 0 Å². The third-order valence-electron chi connectivity index (χ3n) is 18.3. The average Bonchev–Trinajstić information content (AvgIpc) is 1.20. The van der Waals surface area contributed by atoms with Crippen LogP contribution in [0, 0.1) is 0 Å². The van der Waals surface area contributed by atoms with Crippen LogP contribution in [-0.2, 0) is 63.7 Å². The molecular weight excluding hydrogens is 1430 g/mol. The van der Waals surface area contributed by atoms with Gasteiger partial charge in [0, 0.05) is 145 Å². The van der Waals surface area contributed by atoms with Gasteiger partial charge in [0.25, 0.3) is 41.4 Å². The molecule has 10 amide bonds. The van der Waals surface area contributed by atoms with Gasteiger partial charge in [-0.1, -0.05) is 42.5 Å². The summed E-state index contributed by atoms with van der Waals surface area (Å²) in [6, 6.07) is 28.8. The van der Waals surface area contributed by atoms with E-state index in [9.17, 15) is 53.1 Å². The molecule has 0 radical (unpaired) electrons. The van der Waals surface area contributed by atoms with Gasteiger partial charge in [-0.3, -0.25) is 47.9 Å². The smallest absolute Gasteiger partial charge is 0.291 e. The van der Waals surface area contributed by atoms with Crippen molar-refractivity contribution in [2.24, 2.45) is 49.3 Å². The number of aliphatic hydroxyl groups is 1. The first-order valence-electron chi connectivity index (χ1n) is 36.0. The van der Waals surface area contributed by atoms with Crippen molar-refractivity contribution in [2.75, 3.05) is 90.2 Å². The van der Waals surface area contributed by atoms with Crippen LogP contribution in [0.15, 0.2) is 158 Å². The summed E-state index contributed by atoms with van der Waals surface area (Å²) in [5.41, 5.74) is 2.43. The van der Waals surface area contributed by atoms with Crippen LogP contribution in [0.2, 0.25) is 0 Å². The first-order valence-corrected chi connectivity index (χ1v) is 38.0. The monoisotopic (exact) mass is 1520 g/mol. The number of hydrogen-bond donors (Lipinski definition) is 12. The number of aryl methyl sites for hydroxylation is 7. The van der Waals surface area contributed by atoms with E-state index in [2.05, 4.69) is 135 Å². The molecule has 0 bridgehead atoms. The number of carbonyl (C=O) groups excluding carboxylic acids is 10. The van der Waals surface area contributed by atoms with Gasteiger partial charge in [0.15, 0.2) is 5.82 Å². The van der Waals surface area contributed by atoms with Gasteiger partial charge in [-0.25, -0.2) is 9.97 Å². The molecule has 2 aromatic carbocycles. The summed E-state index contributed by atoms with van der Waals surface area (Å²) in [5, 5.41) is 45.5. The van der Waals surface area contributed by atoms with E-state index in [-0.39, 0.29) is 120 Å². The lowest BCUT2D eigenvalue weighted by molar-refractivity contribution is -0.121. The van der Waals surface area contributed by atoms with Gasteiger partial charge in [-0.2, -0.15) is 0 Å². The first kappa shape index (κ1) is 80.1. The van der Waals surface area contributed by atoms with Crippen molar-refractivity contribution in [2.45, 2.75) is 64.0 Å². The number of nitrogens with one attached hydrogen (secondary N) is 11. The molecule has 7 aromatic heterocycles. The molecule has 0 saturated carbocycles. The number of benzene rings is 2. The second-order valence-electron chi connectivity index (χ2n) is 27.2. The van der Waals surface area contributed by atoms with Crippen molar-refractivity contribution in [3.63, 3.8) is 0 Å². The third kappa shape index (κ3) is 20.8. The molecule has 578 valence electrons. The minimum Gasteiger partial charge on any atom is -0.374 e. The van der Waals surface area contributed by atoms with Crippen LogP contribution in [0.25, 0.3) is 0 Å². The summed E-state index contributed by atoms with van der Waals surface area (Å²) in [5.74, 6) is -4.35. The molecule has 10 rings (SSSR count). The maximum Gasteiger partial charge on any atom is 0.291 e. The molecule has 1 aliphatic carbocycles. The number of rotatable bonds is 36. The zero-order valence-electron chi connectivity index (χ0n) is 63.1. The lowest BCUT2D eigenvalue weighted by Gasteiger charge is -2.29. The predicted octanol–water partition coefficient (Wildman–Crippen LogP) is 6.36. The average molecular weight is 1520 g/mol. The maximum atomic E-state index is 13.7. The highest BCUT2D eigenvalue weighted by Gasteiger charge is 2.46. The summed E-state index contributed by atoms with van der Waals surface area (Å²) in [4.78, 5) is 143. The molecule has 12 N–H and O–H groups in total. The van der Waals surface area contributed by atoms with Crippen LogP contribution in [0.1, 0.15) is 131 Å². The van der Waals surface area contributed by atoms with Gasteiger partial charge in [-0.15, -0.1) is 0 Å². The molecule has 0 aliphatic heterocycles. The number of aliphatic hydroxyl groups excluding tert-OH is 1. The third-order valence-corrected chi connectivity index (χ3v) is 22.9. The van der Waals surface area contributed by atoms with Gasteiger partial charge < -0.3 is 100 Å². The fourth-order valence-electron chi connectivity index (χ4n) is 12.8. The Bertz CT molecular complexity index is 4870. The molecule has 9 aromatic rings. The number of nitrogens with zero attached hydrogens (tertiary/aromatic N) is 10. The lowest BCUT2D eigenvalue weighted by Crippen LogP contribution is -2.32. The van der Waals surface area contributed by atoms with Gasteiger partial charge in [0.1, 0.15) is 63.7 Å². The standard InChI is InChI=1S/C77H94N21O11P/c1-91(2)36-21-32-78-66(100)29-34-80-71(103)58-38-50(43-92(58)3)83-74(106)61-41-53(46-95(61)6)85-77(109)70-90-64(49-98(70)9)88-68(102)31-35-81-72(104)59-39-51(44-93(59)4)82-73(105)60-40-52(45-94(60)5)84-75(107)62-42-54(47-96(62)7)86-76(108)69-89-63(48-97(69)8)87-67(101)30-33-79-65(99)28-19-20-37-110(55-22-13-10-14-23-55,56-24-15-11-16-25-56)57-26-17-12-18-27-57/h10-11,13-17,22-27,38-49,67,87,101H,12,18-21,28-37H2,1-9H3,(H9-,78,79,80,81,82,83,84,85,86,88,99,100,102,103,104,105,106,107,108,109)/p+1. The normalized spacial score (nSPS) is 12.2. The van der Waals surface area contributed by atoms with E-state index >= 15 is 0 Å². The number of aromatic nitrogens is 9. The quantitative estimate of drug-likeness (QED) is 0.0115. The van der Waals surface area contributed by atoms with E-state index in [1.165, 1.54) is 92.2 Å². The van der Waals surface area contributed by atoms with E-state index in [1.54, 1.807) is 78.7 Å². The Morgan fingerprint density at radius 3 is 1.29 bits per heavy atom. The number of hydrogen-bond acceptors (Lipinski definition) is 15. The first-order chi connectivity index (χ1) is 52.7. The fourth-order valence-corrected chi connectivity index (χ4v) is 17.3. The number of allylic oxidation sites excluding steroid dienone is 4. The minimum absolute atomic E-state index is 0.0155. The number of amides is 10. The van der Waals surface area contributed by atoms with Crippen LogP contribution < -0.4 is 69.1 Å². The summed E-state index contributed by atoms with van der Waals surface area (Å²) < 4.78 is 10.5. The highest BCUT2D eigenvalue weighted by molar-refractivity contribution is 7.93. The Morgan fingerprint density at radius 2 is 0.845 bits per heavy atom. The van der Waals surface area contributed by atoms with Gasteiger partial charge in [-0.05, 0) is 119 Å². The molecule has 0 fully saturated rings. The van der Waals surface area contributed by atoms with Crippen LogP contribution in [-0.4, -0.2) is 170 Å². The summed E-state index contributed by atoms with van der Waals surface area (Å²) in [7, 11) is 13.3. The molecule has 110 heavy (non-hydrogen) atoms. The van der Waals surface area contributed by atoms with E-state index in [0.29, 0.717) is 30.8 Å². The number of imidazole rings is 2. The van der Waals surface area contributed by atoms with Crippen molar-refractivity contribution in [3.05, 3.63) is 198 Å². The molecule has 32 nitrogen and oxygen atoms in total. The minimum atomic E-state index is -1.96. The molecule has 1 atom stereocenters. The molecule has 1 aliphatic rings. The van der Waals surface area contributed by atoms with Crippen LogP contribution in [0.4, 0.5) is 40.1 Å². The Labute approximate surface area is 636 Å². The Morgan fingerprint density at radius 1 is 0.436 bits per heavy atom. The topological polar surface area (TPSA) is 387 Å². The second-order valence-corrected chi connectivity index (χ2v) is 30.8. The maximum absolute atomic E-state index is 13.7. The van der Waals surface area contributed by atoms with Crippen molar-refractivity contribution >= 4 is 117 Å². The molecule has 0 spiro atoms. The Balaban J connectivity index is 0.621. The highest BCUT2D eigenvalue weighted by atomic mass is 31.2. The van der Waals surface area contributed by atoms with Crippen molar-refractivity contribution in [1.29, 1.82) is 0 Å². The Kier molecular flexibility index (Phi) is 26.9. The van der Waals surface area contributed by atoms with Gasteiger partial charge in [0.2, 0.25) is 29.4 Å².